The Kier molecular flexibility index (Phi) is 3.95. The maximum absolute atomic E-state index is 13.9. The maximum Gasteiger partial charge on any atom is 0.198 e. The highest BCUT2D eigenvalue weighted by molar-refractivity contribution is 6.12. The molecule has 4 N–H and O–H groups in total. The van der Waals surface area contributed by atoms with Gasteiger partial charge in [0, 0.05) is 29.7 Å². The molecule has 6 heteroatoms. The molecule has 0 saturated heterocycles. The third-order valence-electron chi connectivity index (χ3n) is 2.89. The molecule has 2 aromatic rings. The summed E-state index contributed by atoms with van der Waals surface area (Å²) < 4.78 is 13.9. The average Bonchev–Trinajstić information content (AvgIpc) is 2.95. The molecule has 0 unspecified atom stereocenters. The number of halogens is 1. The van der Waals surface area contributed by atoms with E-state index in [9.17, 15) is 9.18 Å². The van der Waals surface area contributed by atoms with Crippen LogP contribution in [0.4, 0.5) is 10.1 Å². The van der Waals surface area contributed by atoms with E-state index in [4.69, 9.17) is 16.4 Å². The molecule has 0 aliphatic carbocycles. The fourth-order valence-electron chi connectivity index (χ4n) is 1.84. The molecule has 5 nitrogen and oxygen atoms in total. The van der Waals surface area contributed by atoms with Gasteiger partial charge in [0.1, 0.15) is 6.07 Å². The first kappa shape index (κ1) is 14.2. The third-order valence-corrected chi connectivity index (χ3v) is 2.89. The molecule has 0 spiro atoms. The van der Waals surface area contributed by atoms with Gasteiger partial charge in [-0.05, 0) is 18.2 Å². The highest BCUT2D eigenvalue weighted by Crippen LogP contribution is 2.21. The van der Waals surface area contributed by atoms with E-state index in [0.29, 0.717) is 5.56 Å². The van der Waals surface area contributed by atoms with Gasteiger partial charge in [0.15, 0.2) is 11.6 Å². The molecule has 0 bridgehead atoms. The zero-order chi connectivity index (χ0) is 15.4. The van der Waals surface area contributed by atoms with Crippen molar-refractivity contribution in [2.45, 2.75) is 0 Å². The van der Waals surface area contributed by atoms with Crippen LogP contribution >= 0.6 is 0 Å². The zero-order valence-electron chi connectivity index (χ0n) is 10.9. The summed E-state index contributed by atoms with van der Waals surface area (Å²) >= 11 is 0. The minimum absolute atomic E-state index is 0.0803. The van der Waals surface area contributed by atoms with Gasteiger partial charge in [-0.25, -0.2) is 4.39 Å². The molecule has 0 fully saturated rings. The van der Waals surface area contributed by atoms with Crippen molar-refractivity contribution in [3.8, 4) is 6.07 Å². The van der Waals surface area contributed by atoms with E-state index in [0.717, 1.165) is 6.21 Å². The Labute approximate surface area is 120 Å². The molecule has 0 atom stereocenters. The Bertz CT molecular complexity index is 783. The highest BCUT2D eigenvalue weighted by Gasteiger charge is 2.18. The number of hydrogen-bond donors (Lipinski definition) is 3. The molecule has 0 saturated carbocycles. The van der Waals surface area contributed by atoms with Gasteiger partial charge in [-0.1, -0.05) is 6.07 Å². The zero-order valence-corrected chi connectivity index (χ0v) is 10.9. The predicted molar refractivity (Wildman–Crippen MR) is 77.4 cm³/mol. The minimum atomic E-state index is -0.772. The van der Waals surface area contributed by atoms with E-state index in [1.54, 1.807) is 0 Å². The largest absolute Gasteiger partial charge is 0.396 e. The summed E-state index contributed by atoms with van der Waals surface area (Å²) in [7, 11) is 0. The van der Waals surface area contributed by atoms with Gasteiger partial charge in [-0.15, -0.1) is 0 Å². The number of benzene rings is 1. The molecule has 0 aliphatic heterocycles. The number of ketones is 1. The molecule has 1 aromatic heterocycles. The molecule has 0 radical (unpaired) electrons. The number of H-pyrrole nitrogens is 1. The number of aromatic amines is 1. The van der Waals surface area contributed by atoms with Crippen LogP contribution in [0.3, 0.4) is 0 Å². The van der Waals surface area contributed by atoms with Crippen molar-refractivity contribution in [3.63, 3.8) is 0 Å². The van der Waals surface area contributed by atoms with Crippen molar-refractivity contribution in [2.24, 2.45) is 0 Å². The molecule has 0 amide bonds. The lowest BCUT2D eigenvalue weighted by molar-refractivity contribution is 0.103. The first-order chi connectivity index (χ1) is 10.1. The number of nitrogen functional groups attached to an aromatic ring is 1. The van der Waals surface area contributed by atoms with E-state index in [1.807, 2.05) is 6.07 Å². The SMILES string of the molecule is N#C/C(C=N)=C/c1c[nH]cc1C(=O)c1cccc(N)c1F. The van der Waals surface area contributed by atoms with Crippen LogP contribution in [0.1, 0.15) is 21.5 Å². The first-order valence-electron chi connectivity index (χ1n) is 5.96. The van der Waals surface area contributed by atoms with Crippen LogP contribution in [0.2, 0.25) is 0 Å². The van der Waals surface area contributed by atoms with Gasteiger partial charge < -0.3 is 16.1 Å². The maximum atomic E-state index is 13.9. The molecule has 1 heterocycles. The Morgan fingerprint density at radius 3 is 2.81 bits per heavy atom. The van der Waals surface area contributed by atoms with E-state index in [2.05, 4.69) is 4.98 Å². The number of anilines is 1. The van der Waals surface area contributed by atoms with Gasteiger partial charge >= 0.3 is 0 Å². The van der Waals surface area contributed by atoms with Crippen molar-refractivity contribution in [1.29, 1.82) is 10.7 Å². The van der Waals surface area contributed by atoms with Crippen LogP contribution in [0.5, 0.6) is 0 Å². The first-order valence-corrected chi connectivity index (χ1v) is 5.96. The van der Waals surface area contributed by atoms with Crippen LogP contribution in [-0.4, -0.2) is 17.0 Å². The quantitative estimate of drug-likeness (QED) is 0.347. The summed E-state index contributed by atoms with van der Waals surface area (Å²) in [5.74, 6) is -1.32. The second-order valence-electron chi connectivity index (χ2n) is 4.22. The van der Waals surface area contributed by atoms with Gasteiger partial charge in [0.05, 0.1) is 16.8 Å². The average molecular weight is 282 g/mol. The van der Waals surface area contributed by atoms with Gasteiger partial charge in [0.2, 0.25) is 0 Å². The number of nitrogens with two attached hydrogens (primary N) is 1. The number of nitriles is 1. The van der Waals surface area contributed by atoms with E-state index >= 15 is 0 Å². The molecule has 0 aliphatic rings. The Hall–Kier alpha value is -3.20. The lowest BCUT2D eigenvalue weighted by atomic mass is 10.0. The van der Waals surface area contributed by atoms with Crippen molar-refractivity contribution in [2.75, 3.05) is 5.73 Å². The van der Waals surface area contributed by atoms with Gasteiger partial charge in [-0.3, -0.25) is 4.79 Å². The number of carbonyl (C=O) groups excluding carboxylic acids is 1. The van der Waals surface area contributed by atoms with Crippen LogP contribution < -0.4 is 5.73 Å². The lowest BCUT2D eigenvalue weighted by Gasteiger charge is -2.04. The number of allylic oxidation sites excluding steroid dienone is 1. The topological polar surface area (TPSA) is 107 Å². The predicted octanol–water partition coefficient (Wildman–Crippen LogP) is 2.52. The monoisotopic (exact) mass is 282 g/mol. The van der Waals surface area contributed by atoms with E-state index < -0.39 is 11.6 Å². The van der Waals surface area contributed by atoms with Crippen molar-refractivity contribution in [1.82, 2.24) is 4.98 Å². The summed E-state index contributed by atoms with van der Waals surface area (Å²) in [5, 5.41) is 15.9. The normalized spacial score (nSPS) is 11.0. The number of aromatic nitrogens is 1. The van der Waals surface area contributed by atoms with E-state index in [-0.39, 0.29) is 22.4 Å². The van der Waals surface area contributed by atoms with Gasteiger partial charge in [0.25, 0.3) is 0 Å². The van der Waals surface area contributed by atoms with Crippen LogP contribution in [0, 0.1) is 22.6 Å². The summed E-state index contributed by atoms with van der Waals surface area (Å²) in [6.07, 6.45) is 5.16. The van der Waals surface area contributed by atoms with E-state index in [1.165, 1.54) is 36.7 Å². The number of carbonyl (C=O) groups is 1. The third kappa shape index (κ3) is 2.72. The summed E-state index contributed by atoms with van der Waals surface area (Å²) in [6.45, 7) is 0. The van der Waals surface area contributed by atoms with Crippen LogP contribution in [0.25, 0.3) is 6.08 Å². The molecular weight excluding hydrogens is 271 g/mol. The van der Waals surface area contributed by atoms with Gasteiger partial charge in [-0.2, -0.15) is 5.26 Å². The Morgan fingerprint density at radius 1 is 1.38 bits per heavy atom. The lowest BCUT2D eigenvalue weighted by Crippen LogP contribution is -2.06. The fourth-order valence-corrected chi connectivity index (χ4v) is 1.84. The number of nitrogens with one attached hydrogen (secondary N) is 2. The molecule has 2 rings (SSSR count). The smallest absolute Gasteiger partial charge is 0.198 e. The number of nitrogens with zero attached hydrogens (tertiary/aromatic N) is 1. The second kappa shape index (κ2) is 5.84. The summed E-state index contributed by atoms with van der Waals surface area (Å²) in [6, 6.07) is 6.02. The Morgan fingerprint density at radius 2 is 2.14 bits per heavy atom. The molecule has 21 heavy (non-hydrogen) atoms. The van der Waals surface area contributed by atoms with Crippen molar-refractivity contribution < 1.29 is 9.18 Å². The van der Waals surface area contributed by atoms with Crippen molar-refractivity contribution in [3.05, 3.63) is 58.7 Å². The second-order valence-corrected chi connectivity index (χ2v) is 4.22. The number of rotatable bonds is 4. The molecule has 1 aromatic carbocycles. The fraction of sp³-hybridized carbons (Fsp3) is 0. The number of hydrogen-bond acceptors (Lipinski definition) is 4. The summed E-state index contributed by atoms with van der Waals surface area (Å²) in [4.78, 5) is 15.1. The summed E-state index contributed by atoms with van der Waals surface area (Å²) in [5.41, 5.74) is 5.89. The van der Waals surface area contributed by atoms with Crippen LogP contribution in [0.15, 0.2) is 36.2 Å². The van der Waals surface area contributed by atoms with Crippen LogP contribution in [-0.2, 0) is 0 Å². The standard InChI is InChI=1S/C15H11FN4O/c16-14-11(2-1-3-13(14)19)15(21)12-8-20-7-10(12)4-9(5-17)6-18/h1-5,7-8,17,20H,19H2/b9-4+,17-5?. The highest BCUT2D eigenvalue weighted by atomic mass is 19.1. The minimum Gasteiger partial charge on any atom is -0.396 e. The Balaban J connectivity index is 2.49. The molecular formula is C15H11FN4O. The van der Waals surface area contributed by atoms with Crippen molar-refractivity contribution >= 4 is 23.8 Å². The molecule has 104 valence electrons.